The molecule has 0 bridgehead atoms. The minimum atomic E-state index is -2.16. The molecule has 0 rings (SSSR count). The first-order valence-electron chi connectivity index (χ1n) is 0.767. The van der Waals surface area contributed by atoms with E-state index in [0.29, 0.717) is 0 Å². The summed E-state index contributed by atoms with van der Waals surface area (Å²) >= 11 is 0. The average Bonchev–Trinajstić information content (AvgIpc) is 1.38. The molecule has 0 heterocycles. The van der Waals surface area contributed by atoms with Crippen molar-refractivity contribution in [3.8, 4) is 0 Å². The second kappa shape index (κ2) is 4.80. The van der Waals surface area contributed by atoms with Crippen LogP contribution in [0, 0.1) is 0 Å². The van der Waals surface area contributed by atoms with Crippen molar-refractivity contribution in [2.24, 2.45) is 0 Å². The summed E-state index contributed by atoms with van der Waals surface area (Å²) in [5, 5.41) is 8.66. The Morgan fingerprint density at radius 1 is 1.83 bits per heavy atom. The van der Waals surface area contributed by atoms with Crippen LogP contribution < -0.4 is 24.0 Å². The first-order chi connectivity index (χ1) is 2.27. The summed E-state index contributed by atoms with van der Waals surface area (Å²) in [6.45, 7) is 0. The number of carbonyl (C=O) groups excluding carboxylic acids is 1. The Morgan fingerprint density at radius 2 is 2.00 bits per heavy atom. The van der Waals surface area contributed by atoms with Gasteiger partial charge in [0, 0.05) is 0 Å². The van der Waals surface area contributed by atoms with E-state index in [2.05, 4.69) is 4.94 Å². The third-order valence-corrected chi connectivity index (χ3v) is 0.0630. The maximum Gasteiger partial charge on any atom is 1.00 e. The minimum Gasteiger partial charge on any atom is -0.424 e. The number of carboxylic acid groups (broad SMARTS) is 1. The third kappa shape index (κ3) is 9.20. The third-order valence-electron chi connectivity index (χ3n) is 0.0630. The maximum atomic E-state index is 9.95. The second-order valence-electron chi connectivity index (χ2n) is 0.327. The van der Waals surface area contributed by atoms with Gasteiger partial charge in [-0.1, -0.05) is 4.53 Å². The molecule has 0 unspecified atom stereocenters. The molecule has 0 atom stereocenters. The Hall–Kier alpha value is -0.203. The average molecular weight is 85.9 g/mol. The Labute approximate surface area is 45.2 Å². The van der Waals surface area contributed by atoms with Crippen LogP contribution in [0.15, 0.2) is 0 Å². The molecule has 0 aromatic carbocycles. The quantitative estimate of drug-likeness (QED) is 0.284. The Balaban J connectivity index is 0. The van der Waals surface area contributed by atoms with Crippen LogP contribution in [0.3, 0.4) is 0 Å². The van der Waals surface area contributed by atoms with Crippen molar-refractivity contribution in [1.82, 2.24) is 0 Å². The molecule has 0 aliphatic carbocycles. The smallest absolute Gasteiger partial charge is 0.424 e. The molecule has 0 aromatic heterocycles. The van der Waals surface area contributed by atoms with Gasteiger partial charge in [0.25, 0.3) is 6.16 Å². The zero-order valence-corrected chi connectivity index (χ0v) is 3.10. The molecule has 0 spiro atoms. The maximum absolute atomic E-state index is 9.95. The van der Waals surface area contributed by atoms with Crippen LogP contribution in [0.1, 0.15) is 0 Å². The number of carbonyl (C=O) groups is 1. The van der Waals surface area contributed by atoms with E-state index in [4.69, 9.17) is 9.90 Å². The van der Waals surface area contributed by atoms with E-state index in [1.54, 1.807) is 0 Å². The fraction of sp³-hybridized carbons (Fsp3) is 0. The van der Waals surface area contributed by atoms with Gasteiger partial charge in [0.1, 0.15) is 0 Å². The fourth-order valence-electron chi connectivity index (χ4n) is 0. The molecule has 0 aliphatic heterocycles. The van der Waals surface area contributed by atoms with Crippen molar-refractivity contribution in [1.29, 1.82) is 0 Å². The van der Waals surface area contributed by atoms with E-state index in [1.807, 2.05) is 0 Å². The predicted molar refractivity (Wildman–Crippen MR) is 7.59 cm³/mol. The molecule has 6 heavy (non-hydrogen) atoms. The van der Waals surface area contributed by atoms with Crippen molar-refractivity contribution in [2.45, 2.75) is 0 Å². The van der Waals surface area contributed by atoms with Crippen molar-refractivity contribution in [3.05, 3.63) is 0 Å². The summed E-state index contributed by atoms with van der Waals surface area (Å²) in [5.41, 5.74) is 0. The molecular formula is CFLiO3. The van der Waals surface area contributed by atoms with Crippen LogP contribution in [-0.2, 0) is 4.94 Å². The molecule has 5 heteroatoms. The molecule has 30 valence electrons. The van der Waals surface area contributed by atoms with Crippen LogP contribution in [0.4, 0.5) is 9.32 Å². The number of rotatable bonds is 0. The molecule has 0 radical (unpaired) electrons. The van der Waals surface area contributed by atoms with Crippen LogP contribution in [0.5, 0.6) is 0 Å². The van der Waals surface area contributed by atoms with Crippen molar-refractivity contribution < 1.29 is 38.2 Å². The second-order valence-corrected chi connectivity index (χ2v) is 0.327. The zero-order valence-electron chi connectivity index (χ0n) is 3.10. The fourth-order valence-corrected chi connectivity index (χ4v) is 0. The van der Waals surface area contributed by atoms with Crippen LogP contribution in [0.2, 0.25) is 0 Å². The first-order valence-corrected chi connectivity index (χ1v) is 0.767. The molecule has 0 fully saturated rings. The standard InChI is InChI=1S/CHFO3.Li/c2-5-1(3)4;/h(H,3,4);/q;+1/p-1. The van der Waals surface area contributed by atoms with E-state index >= 15 is 0 Å². The van der Waals surface area contributed by atoms with Gasteiger partial charge in [-0.2, -0.15) is 0 Å². The van der Waals surface area contributed by atoms with E-state index in [0.717, 1.165) is 0 Å². The normalized spacial score (nSPS) is 5.50. The van der Waals surface area contributed by atoms with Gasteiger partial charge in [0.2, 0.25) is 0 Å². The van der Waals surface area contributed by atoms with E-state index in [9.17, 15) is 4.53 Å². The van der Waals surface area contributed by atoms with Crippen molar-refractivity contribution in [3.63, 3.8) is 0 Å². The Morgan fingerprint density at radius 3 is 2.00 bits per heavy atom. The van der Waals surface area contributed by atoms with Crippen molar-refractivity contribution >= 4 is 6.16 Å². The minimum absolute atomic E-state index is 0. The summed E-state index contributed by atoms with van der Waals surface area (Å²) in [6.07, 6.45) is -2.16. The molecular weight excluding hydrogens is 85.9 g/mol. The SMILES string of the molecule is O=C([O-])OF.[Li+]. The van der Waals surface area contributed by atoms with Gasteiger partial charge in [-0.05, 0) is 0 Å². The van der Waals surface area contributed by atoms with Gasteiger partial charge >= 0.3 is 18.9 Å². The van der Waals surface area contributed by atoms with Gasteiger partial charge in [0.15, 0.2) is 0 Å². The van der Waals surface area contributed by atoms with E-state index < -0.39 is 6.16 Å². The van der Waals surface area contributed by atoms with Crippen LogP contribution >= 0.6 is 0 Å². The Kier molecular flexibility index (Phi) is 7.40. The van der Waals surface area contributed by atoms with Crippen molar-refractivity contribution in [2.75, 3.05) is 0 Å². The molecule has 0 saturated heterocycles. The number of hydrogen-bond acceptors (Lipinski definition) is 3. The largest absolute Gasteiger partial charge is 1.00 e. The summed E-state index contributed by atoms with van der Waals surface area (Å²) < 4.78 is 9.95. The van der Waals surface area contributed by atoms with Gasteiger partial charge in [-0.25, -0.2) is 0 Å². The molecule has 0 N–H and O–H groups in total. The summed E-state index contributed by atoms with van der Waals surface area (Å²) in [4.78, 5) is 10.7. The monoisotopic (exact) mass is 86.0 g/mol. The first kappa shape index (κ1) is 9.25. The Bertz CT molecular complexity index is 46.1. The summed E-state index contributed by atoms with van der Waals surface area (Å²) in [6, 6.07) is 0. The summed E-state index contributed by atoms with van der Waals surface area (Å²) in [5.74, 6) is 0. The molecule has 0 aromatic rings. The predicted octanol–water partition coefficient (Wildman–Crippen LogP) is -3.77. The van der Waals surface area contributed by atoms with Gasteiger partial charge < -0.3 is 14.8 Å². The zero-order chi connectivity index (χ0) is 4.28. The molecule has 0 aliphatic rings. The van der Waals surface area contributed by atoms with Crippen LogP contribution in [-0.4, -0.2) is 6.16 Å². The summed E-state index contributed by atoms with van der Waals surface area (Å²) in [7, 11) is 0. The van der Waals surface area contributed by atoms with E-state index in [1.165, 1.54) is 0 Å². The number of halogens is 1. The van der Waals surface area contributed by atoms with Gasteiger partial charge in [-0.3, -0.25) is 0 Å². The molecule has 0 saturated carbocycles. The van der Waals surface area contributed by atoms with Gasteiger partial charge in [-0.15, -0.1) is 0 Å². The van der Waals surface area contributed by atoms with Crippen LogP contribution in [0.25, 0.3) is 0 Å². The number of hydrogen-bond donors (Lipinski definition) is 0. The van der Waals surface area contributed by atoms with E-state index in [-0.39, 0.29) is 18.9 Å². The topological polar surface area (TPSA) is 49.4 Å². The molecule has 3 nitrogen and oxygen atoms in total. The van der Waals surface area contributed by atoms with Gasteiger partial charge in [0.05, 0.1) is 0 Å². The molecule has 0 amide bonds.